The Balaban J connectivity index is 1.86. The number of anilines is 1. The van der Waals surface area contributed by atoms with E-state index in [1.165, 1.54) is 6.21 Å². The van der Waals surface area contributed by atoms with Gasteiger partial charge in [-0.3, -0.25) is 9.59 Å². The number of carbonyl (C=O) groups is 2. The van der Waals surface area contributed by atoms with Crippen molar-refractivity contribution in [1.82, 2.24) is 10.7 Å². The first-order chi connectivity index (χ1) is 16.8. The zero-order valence-electron chi connectivity index (χ0n) is 19.4. The van der Waals surface area contributed by atoms with Gasteiger partial charge < -0.3 is 15.0 Å². The second-order valence-corrected chi connectivity index (χ2v) is 9.98. The third-order valence-electron chi connectivity index (χ3n) is 4.86. The van der Waals surface area contributed by atoms with Crippen LogP contribution < -0.4 is 20.4 Å². The highest BCUT2D eigenvalue weighted by molar-refractivity contribution is 14.1. The summed E-state index contributed by atoms with van der Waals surface area (Å²) in [4.78, 5) is 27.7. The molecule has 2 amide bonds. The molecule has 0 heterocycles. The summed E-state index contributed by atoms with van der Waals surface area (Å²) in [5.41, 5.74) is 5.52. The van der Waals surface area contributed by atoms with Gasteiger partial charge in [-0.2, -0.15) is 5.10 Å². The number of nitrogens with zero attached hydrogens (tertiary/aromatic N) is 2. The normalized spacial score (nSPS) is 11.3. The Morgan fingerprint density at radius 1 is 1.00 bits per heavy atom. The van der Waals surface area contributed by atoms with E-state index < -0.39 is 11.8 Å². The zero-order chi connectivity index (χ0) is 25.4. The van der Waals surface area contributed by atoms with Crippen molar-refractivity contribution in [3.8, 4) is 5.75 Å². The molecule has 2 N–H and O–H groups in total. The van der Waals surface area contributed by atoms with Crippen LogP contribution in [0.25, 0.3) is 6.08 Å². The number of rotatable bonds is 8. The lowest BCUT2D eigenvalue weighted by atomic mass is 10.1. The highest BCUT2D eigenvalue weighted by atomic mass is 127. The van der Waals surface area contributed by atoms with Gasteiger partial charge in [0.05, 0.1) is 16.9 Å². The summed E-state index contributed by atoms with van der Waals surface area (Å²) in [7, 11) is 5.49. The number of amides is 2. The first kappa shape index (κ1) is 26.7. The number of halogens is 2. The third kappa shape index (κ3) is 7.52. The highest BCUT2D eigenvalue weighted by Gasteiger charge is 2.15. The number of hydrazone groups is 1. The zero-order valence-corrected chi connectivity index (χ0v) is 23.7. The summed E-state index contributed by atoms with van der Waals surface area (Å²) in [6.45, 7) is 0. The fraction of sp³-hybridized carbons (Fsp3) is 0.115. The molecule has 180 valence electrons. The van der Waals surface area contributed by atoms with E-state index in [4.69, 9.17) is 4.74 Å². The van der Waals surface area contributed by atoms with Crippen LogP contribution >= 0.6 is 45.2 Å². The molecule has 3 aromatic carbocycles. The standard InChI is InChI=1S/C26H24I2N4O3/c1-32(2)21-11-9-17(10-12-21)13-23(30-25(33)18-7-5-4-6-8-18)26(34)31-29-16-19-14-20(27)15-22(28)24(19)35-3/h4-16H,1-3H3,(H,30,33)(H,31,34)/b23-13-,29-16+. The Kier molecular flexibility index (Phi) is 9.66. The minimum atomic E-state index is -0.554. The van der Waals surface area contributed by atoms with Crippen LogP contribution in [0.15, 0.2) is 77.5 Å². The molecule has 0 aliphatic rings. The molecule has 0 radical (unpaired) electrons. The summed E-state index contributed by atoms with van der Waals surface area (Å²) < 4.78 is 7.40. The summed E-state index contributed by atoms with van der Waals surface area (Å²) in [6, 6.07) is 20.2. The largest absolute Gasteiger partial charge is 0.495 e. The van der Waals surface area contributed by atoms with Crippen molar-refractivity contribution in [2.45, 2.75) is 0 Å². The van der Waals surface area contributed by atoms with E-state index >= 15 is 0 Å². The lowest BCUT2D eigenvalue weighted by Crippen LogP contribution is -2.32. The van der Waals surface area contributed by atoms with Crippen LogP contribution in [0.2, 0.25) is 0 Å². The van der Waals surface area contributed by atoms with Gasteiger partial charge in [-0.05, 0) is 93.2 Å². The van der Waals surface area contributed by atoms with E-state index in [-0.39, 0.29) is 5.70 Å². The molecule has 0 atom stereocenters. The van der Waals surface area contributed by atoms with Crippen molar-refractivity contribution in [2.75, 3.05) is 26.1 Å². The van der Waals surface area contributed by atoms with E-state index in [1.54, 1.807) is 37.5 Å². The van der Waals surface area contributed by atoms with E-state index in [2.05, 4.69) is 61.0 Å². The molecular formula is C26H24I2N4O3. The molecule has 0 unspecified atom stereocenters. The molecule has 3 aromatic rings. The summed E-state index contributed by atoms with van der Waals surface area (Å²) >= 11 is 4.39. The van der Waals surface area contributed by atoms with Gasteiger partial charge in [-0.25, -0.2) is 5.43 Å². The van der Waals surface area contributed by atoms with Gasteiger partial charge in [0.2, 0.25) is 0 Å². The Labute approximate surface area is 231 Å². The van der Waals surface area contributed by atoms with Crippen LogP contribution in [0.3, 0.4) is 0 Å². The van der Waals surface area contributed by atoms with Gasteiger partial charge in [0.25, 0.3) is 11.8 Å². The summed E-state index contributed by atoms with van der Waals surface area (Å²) in [6.07, 6.45) is 3.13. The SMILES string of the molecule is COc1c(I)cc(I)cc1/C=N/NC(=O)/C(=C/c1ccc(N(C)C)cc1)NC(=O)c1ccccc1. The molecule has 7 nitrogen and oxygen atoms in total. The molecule has 0 fully saturated rings. The van der Waals surface area contributed by atoms with Crippen molar-refractivity contribution in [2.24, 2.45) is 5.10 Å². The van der Waals surface area contributed by atoms with Crippen molar-refractivity contribution >= 4 is 75.0 Å². The van der Waals surface area contributed by atoms with Gasteiger partial charge in [0.15, 0.2) is 0 Å². The number of carbonyl (C=O) groups excluding carboxylic acids is 2. The number of ether oxygens (including phenoxy) is 1. The Morgan fingerprint density at radius 3 is 2.31 bits per heavy atom. The van der Waals surface area contributed by atoms with Crippen LogP contribution in [-0.4, -0.2) is 39.2 Å². The maximum Gasteiger partial charge on any atom is 0.287 e. The molecule has 0 bridgehead atoms. The van der Waals surface area contributed by atoms with Gasteiger partial charge in [-0.1, -0.05) is 30.3 Å². The fourth-order valence-corrected chi connectivity index (χ4v) is 5.20. The van der Waals surface area contributed by atoms with Gasteiger partial charge >= 0.3 is 0 Å². The smallest absolute Gasteiger partial charge is 0.287 e. The van der Waals surface area contributed by atoms with Crippen molar-refractivity contribution < 1.29 is 14.3 Å². The second kappa shape index (κ2) is 12.7. The quantitative estimate of drug-likeness (QED) is 0.152. The number of nitrogens with one attached hydrogen (secondary N) is 2. The molecule has 0 aliphatic heterocycles. The first-order valence-corrected chi connectivity index (χ1v) is 12.7. The lowest BCUT2D eigenvalue weighted by Gasteiger charge is -2.13. The Morgan fingerprint density at radius 2 is 1.69 bits per heavy atom. The molecular weight excluding hydrogens is 670 g/mol. The summed E-state index contributed by atoms with van der Waals surface area (Å²) in [5, 5.41) is 6.81. The van der Waals surface area contributed by atoms with E-state index in [0.29, 0.717) is 11.3 Å². The van der Waals surface area contributed by atoms with Gasteiger partial charge in [-0.15, -0.1) is 0 Å². The molecule has 3 rings (SSSR count). The van der Waals surface area contributed by atoms with Crippen LogP contribution in [-0.2, 0) is 4.79 Å². The van der Waals surface area contributed by atoms with Crippen LogP contribution in [0.4, 0.5) is 5.69 Å². The Bertz CT molecular complexity index is 1260. The number of methoxy groups -OCH3 is 1. The maximum atomic E-state index is 13.0. The average molecular weight is 694 g/mol. The molecule has 0 aliphatic carbocycles. The molecule has 0 saturated heterocycles. The van der Waals surface area contributed by atoms with Crippen LogP contribution in [0, 0.1) is 7.14 Å². The monoisotopic (exact) mass is 694 g/mol. The topological polar surface area (TPSA) is 83.0 Å². The molecule has 35 heavy (non-hydrogen) atoms. The maximum absolute atomic E-state index is 13.0. The van der Waals surface area contributed by atoms with Crippen molar-refractivity contribution in [3.05, 3.63) is 96.3 Å². The van der Waals surface area contributed by atoms with Crippen molar-refractivity contribution in [3.63, 3.8) is 0 Å². The van der Waals surface area contributed by atoms with Gasteiger partial charge in [0, 0.05) is 34.5 Å². The fourth-order valence-electron chi connectivity index (χ4n) is 3.09. The van der Waals surface area contributed by atoms with Gasteiger partial charge in [0.1, 0.15) is 11.4 Å². The van der Waals surface area contributed by atoms with E-state index in [9.17, 15) is 9.59 Å². The minimum absolute atomic E-state index is 0.0674. The number of hydrogen-bond donors (Lipinski definition) is 2. The minimum Gasteiger partial charge on any atom is -0.495 e. The molecule has 9 heteroatoms. The highest BCUT2D eigenvalue weighted by Crippen LogP contribution is 2.26. The van der Waals surface area contributed by atoms with Crippen molar-refractivity contribution in [1.29, 1.82) is 0 Å². The first-order valence-electron chi connectivity index (χ1n) is 10.5. The third-order valence-corrected chi connectivity index (χ3v) is 6.28. The summed E-state index contributed by atoms with van der Waals surface area (Å²) in [5.74, 6) is -0.283. The molecule has 0 spiro atoms. The van der Waals surface area contributed by atoms with Crippen LogP contribution in [0.5, 0.6) is 5.75 Å². The molecule has 0 saturated carbocycles. The van der Waals surface area contributed by atoms with E-state index in [0.717, 1.165) is 24.0 Å². The number of benzene rings is 3. The Hall–Kier alpha value is -2.93. The van der Waals surface area contributed by atoms with E-state index in [1.807, 2.05) is 61.5 Å². The van der Waals surface area contributed by atoms with Crippen LogP contribution in [0.1, 0.15) is 21.5 Å². The lowest BCUT2D eigenvalue weighted by molar-refractivity contribution is -0.117. The molecule has 0 aromatic heterocycles. The average Bonchev–Trinajstić information content (AvgIpc) is 2.84. The number of hydrogen-bond acceptors (Lipinski definition) is 5. The predicted molar refractivity (Wildman–Crippen MR) is 157 cm³/mol. The predicted octanol–water partition coefficient (Wildman–Crippen LogP) is 4.89. The second-order valence-electron chi connectivity index (χ2n) is 7.57.